The van der Waals surface area contributed by atoms with Crippen LogP contribution in [0.15, 0.2) is 42.5 Å². The predicted molar refractivity (Wildman–Crippen MR) is 109 cm³/mol. The first-order chi connectivity index (χ1) is 14.4. The molecular weight excluding hydrogens is 389 g/mol. The number of rotatable bonds is 3. The third-order valence-electron chi connectivity index (χ3n) is 5.42. The first-order valence-electron chi connectivity index (χ1n) is 9.88. The Hall–Kier alpha value is -3.42. The summed E-state index contributed by atoms with van der Waals surface area (Å²) in [5.74, 6) is -0.556. The van der Waals surface area contributed by atoms with E-state index in [2.05, 4.69) is 10.6 Å². The molecule has 0 aliphatic carbocycles. The highest BCUT2D eigenvalue weighted by Gasteiger charge is 2.28. The van der Waals surface area contributed by atoms with E-state index in [1.54, 1.807) is 30.0 Å². The predicted octanol–water partition coefficient (Wildman–Crippen LogP) is 3.04. The third kappa shape index (κ3) is 4.12. The molecule has 2 aromatic rings. The number of anilines is 2. The molecule has 3 amide bonds. The number of nitrogens with one attached hydrogen (secondary N) is 2. The van der Waals surface area contributed by atoms with Gasteiger partial charge in [-0.2, -0.15) is 0 Å². The van der Waals surface area contributed by atoms with Gasteiger partial charge in [0, 0.05) is 30.3 Å². The van der Waals surface area contributed by atoms with Gasteiger partial charge in [0.25, 0.3) is 11.8 Å². The smallest absolute Gasteiger partial charge is 0.265 e. The zero-order valence-electron chi connectivity index (χ0n) is 16.5. The number of hydrogen-bond acceptors (Lipinski definition) is 4. The number of halogens is 1. The quantitative estimate of drug-likeness (QED) is 0.813. The summed E-state index contributed by atoms with van der Waals surface area (Å²) >= 11 is 0. The molecule has 2 N–H and O–H groups in total. The molecule has 1 saturated heterocycles. The van der Waals surface area contributed by atoms with Crippen molar-refractivity contribution in [1.29, 1.82) is 0 Å². The van der Waals surface area contributed by atoms with Gasteiger partial charge in [-0.25, -0.2) is 4.39 Å². The van der Waals surface area contributed by atoms with Gasteiger partial charge in [0.2, 0.25) is 5.91 Å². The van der Waals surface area contributed by atoms with Gasteiger partial charge in [-0.3, -0.25) is 14.4 Å². The van der Waals surface area contributed by atoms with Gasteiger partial charge in [-0.1, -0.05) is 0 Å². The van der Waals surface area contributed by atoms with Crippen LogP contribution in [0.4, 0.5) is 15.8 Å². The molecule has 1 fully saturated rings. The fraction of sp³-hybridized carbons (Fsp3) is 0.318. The summed E-state index contributed by atoms with van der Waals surface area (Å²) in [7, 11) is 0. The van der Waals surface area contributed by atoms with Crippen LogP contribution in [0.1, 0.15) is 30.1 Å². The van der Waals surface area contributed by atoms with Crippen LogP contribution in [0, 0.1) is 11.7 Å². The molecule has 30 heavy (non-hydrogen) atoms. The molecule has 0 radical (unpaired) electrons. The fourth-order valence-corrected chi connectivity index (χ4v) is 3.65. The fourth-order valence-electron chi connectivity index (χ4n) is 3.65. The van der Waals surface area contributed by atoms with Crippen LogP contribution in [0.3, 0.4) is 0 Å². The molecular formula is C22H22FN3O4. The summed E-state index contributed by atoms with van der Waals surface area (Å²) < 4.78 is 18.6. The number of carbonyl (C=O) groups excluding carboxylic acids is 3. The average molecular weight is 411 g/mol. The van der Waals surface area contributed by atoms with Crippen molar-refractivity contribution < 1.29 is 23.5 Å². The van der Waals surface area contributed by atoms with Gasteiger partial charge in [0.1, 0.15) is 11.6 Å². The molecule has 0 unspecified atom stereocenters. The van der Waals surface area contributed by atoms with E-state index >= 15 is 0 Å². The number of hydrogen-bond donors (Lipinski definition) is 2. The van der Waals surface area contributed by atoms with Crippen molar-refractivity contribution in [3.05, 3.63) is 53.8 Å². The van der Waals surface area contributed by atoms with Gasteiger partial charge >= 0.3 is 0 Å². The minimum atomic E-state index is -0.555. The Morgan fingerprint density at radius 2 is 1.83 bits per heavy atom. The number of amides is 3. The number of piperidine rings is 1. The summed E-state index contributed by atoms with van der Waals surface area (Å²) in [5.41, 5.74) is 1.53. The topological polar surface area (TPSA) is 87.7 Å². The van der Waals surface area contributed by atoms with Crippen molar-refractivity contribution in [2.24, 2.45) is 5.92 Å². The summed E-state index contributed by atoms with van der Waals surface area (Å²) in [6, 6.07) is 10.6. The van der Waals surface area contributed by atoms with Crippen molar-refractivity contribution in [3.8, 4) is 5.75 Å². The van der Waals surface area contributed by atoms with Crippen molar-refractivity contribution in [3.63, 3.8) is 0 Å². The largest absolute Gasteiger partial charge is 0.479 e. The zero-order valence-corrected chi connectivity index (χ0v) is 16.5. The Morgan fingerprint density at radius 3 is 2.53 bits per heavy atom. The minimum Gasteiger partial charge on any atom is -0.479 e. The molecule has 0 bridgehead atoms. The molecule has 0 aromatic heterocycles. The first-order valence-corrected chi connectivity index (χ1v) is 9.88. The summed E-state index contributed by atoms with van der Waals surface area (Å²) in [6.07, 6.45) is 0.531. The Bertz CT molecular complexity index is 984. The van der Waals surface area contributed by atoms with E-state index in [9.17, 15) is 18.8 Å². The van der Waals surface area contributed by atoms with E-state index in [0.29, 0.717) is 48.6 Å². The van der Waals surface area contributed by atoms with E-state index in [4.69, 9.17) is 4.74 Å². The Balaban J connectivity index is 1.34. The average Bonchev–Trinajstić information content (AvgIpc) is 2.75. The van der Waals surface area contributed by atoms with Gasteiger partial charge < -0.3 is 20.3 Å². The maximum absolute atomic E-state index is 13.0. The van der Waals surface area contributed by atoms with Gasteiger partial charge in [0.15, 0.2) is 6.10 Å². The maximum atomic E-state index is 13.0. The van der Waals surface area contributed by atoms with Crippen molar-refractivity contribution in [2.45, 2.75) is 25.9 Å². The molecule has 2 aliphatic rings. The van der Waals surface area contributed by atoms with Crippen LogP contribution in [-0.4, -0.2) is 41.8 Å². The van der Waals surface area contributed by atoms with Crippen molar-refractivity contribution >= 4 is 29.1 Å². The van der Waals surface area contributed by atoms with E-state index in [1.165, 1.54) is 24.3 Å². The molecule has 0 saturated carbocycles. The molecule has 7 nitrogen and oxygen atoms in total. The highest BCUT2D eigenvalue weighted by Crippen LogP contribution is 2.32. The Morgan fingerprint density at radius 1 is 1.13 bits per heavy atom. The van der Waals surface area contributed by atoms with Crippen LogP contribution in [-0.2, 0) is 9.59 Å². The molecule has 4 rings (SSSR count). The molecule has 0 spiro atoms. The molecule has 8 heteroatoms. The van der Waals surface area contributed by atoms with Crippen LogP contribution >= 0.6 is 0 Å². The highest BCUT2D eigenvalue weighted by molar-refractivity contribution is 5.99. The van der Waals surface area contributed by atoms with Crippen LogP contribution in [0.25, 0.3) is 0 Å². The SMILES string of the molecule is C[C@@H]1Oc2ccc(NC(=O)C3CCN(C(=O)c4ccc(F)cc4)CC3)cc2NC1=O. The Labute approximate surface area is 173 Å². The molecule has 156 valence electrons. The van der Waals surface area contributed by atoms with Crippen molar-refractivity contribution in [2.75, 3.05) is 23.7 Å². The zero-order chi connectivity index (χ0) is 21.3. The standard InChI is InChI=1S/C22H22FN3O4/c1-13-20(27)25-18-12-17(6-7-19(18)30-13)24-21(28)14-8-10-26(11-9-14)22(29)15-2-4-16(23)5-3-15/h2-7,12-14H,8-11H2,1H3,(H,24,28)(H,25,27)/t13-/m0/s1. The molecule has 2 aromatic carbocycles. The van der Waals surface area contributed by atoms with Gasteiger partial charge in [0.05, 0.1) is 5.69 Å². The lowest BCUT2D eigenvalue weighted by Crippen LogP contribution is -2.41. The van der Waals surface area contributed by atoms with Crippen LogP contribution < -0.4 is 15.4 Å². The number of likely N-dealkylation sites (tertiary alicyclic amines) is 1. The maximum Gasteiger partial charge on any atom is 0.265 e. The minimum absolute atomic E-state index is 0.125. The van der Waals surface area contributed by atoms with E-state index in [0.717, 1.165) is 0 Å². The highest BCUT2D eigenvalue weighted by atomic mass is 19.1. The van der Waals surface area contributed by atoms with E-state index in [1.807, 2.05) is 0 Å². The number of benzene rings is 2. The molecule has 2 aliphatic heterocycles. The normalized spacial score (nSPS) is 18.8. The monoisotopic (exact) mass is 411 g/mol. The number of carbonyl (C=O) groups is 3. The second-order valence-electron chi connectivity index (χ2n) is 7.52. The van der Waals surface area contributed by atoms with Gasteiger partial charge in [-0.15, -0.1) is 0 Å². The lowest BCUT2D eigenvalue weighted by Gasteiger charge is -2.31. The van der Waals surface area contributed by atoms with Crippen LogP contribution in [0.2, 0.25) is 0 Å². The van der Waals surface area contributed by atoms with Crippen LogP contribution in [0.5, 0.6) is 5.75 Å². The summed E-state index contributed by atoms with van der Waals surface area (Å²) in [5, 5.41) is 5.64. The Kier molecular flexibility index (Phi) is 5.39. The first kappa shape index (κ1) is 19.9. The molecule has 1 atom stereocenters. The lowest BCUT2D eigenvalue weighted by molar-refractivity contribution is -0.122. The number of nitrogens with zero attached hydrogens (tertiary/aromatic N) is 1. The summed E-state index contributed by atoms with van der Waals surface area (Å²) in [4.78, 5) is 38.6. The molecule has 2 heterocycles. The lowest BCUT2D eigenvalue weighted by atomic mass is 9.95. The van der Waals surface area contributed by atoms with Gasteiger partial charge in [-0.05, 0) is 62.2 Å². The summed E-state index contributed by atoms with van der Waals surface area (Å²) in [6.45, 7) is 2.59. The van der Waals surface area contributed by atoms with E-state index in [-0.39, 0.29) is 29.5 Å². The van der Waals surface area contributed by atoms with E-state index < -0.39 is 6.10 Å². The second-order valence-corrected chi connectivity index (χ2v) is 7.52. The van der Waals surface area contributed by atoms with Crippen molar-refractivity contribution in [1.82, 2.24) is 4.90 Å². The number of fused-ring (bicyclic) bond motifs is 1. The third-order valence-corrected chi connectivity index (χ3v) is 5.42. The number of ether oxygens (including phenoxy) is 1. The second kappa shape index (κ2) is 8.14.